The summed E-state index contributed by atoms with van der Waals surface area (Å²) in [4.78, 5) is 11.5. The van der Waals surface area contributed by atoms with Crippen molar-refractivity contribution < 1.29 is 14.3 Å². The van der Waals surface area contributed by atoms with Gasteiger partial charge in [0.25, 0.3) is 0 Å². The van der Waals surface area contributed by atoms with Crippen molar-refractivity contribution in [2.75, 3.05) is 31.4 Å². The van der Waals surface area contributed by atoms with Gasteiger partial charge >= 0.3 is 0 Å². The molecule has 0 aliphatic carbocycles. The van der Waals surface area contributed by atoms with Crippen molar-refractivity contribution in [2.24, 2.45) is 0 Å². The second kappa shape index (κ2) is 6.50. The van der Waals surface area contributed by atoms with E-state index in [0.717, 1.165) is 0 Å². The third-order valence-electron chi connectivity index (χ3n) is 1.93. The average Bonchev–Trinajstić information content (AvgIpc) is 2.27. The fraction of sp³-hybridized carbons (Fsp3) is 0.364. The number of ether oxygens (including phenoxy) is 2. The largest absolute Gasteiger partial charge is 0.491 e. The zero-order valence-electron chi connectivity index (χ0n) is 9.03. The lowest BCUT2D eigenvalue weighted by Gasteiger charge is -2.08. The van der Waals surface area contributed by atoms with E-state index in [2.05, 4.69) is 15.9 Å². The second-order valence-electron chi connectivity index (χ2n) is 3.19. The minimum absolute atomic E-state index is 0.0242. The fourth-order valence-corrected chi connectivity index (χ4v) is 1.51. The Morgan fingerprint density at radius 2 is 2.12 bits per heavy atom. The minimum Gasteiger partial charge on any atom is -0.491 e. The van der Waals surface area contributed by atoms with Crippen molar-refractivity contribution in [1.29, 1.82) is 0 Å². The number of ketones is 1. The summed E-state index contributed by atoms with van der Waals surface area (Å²) in [5.41, 5.74) is 6.74. The molecule has 88 valence electrons. The maximum absolute atomic E-state index is 11.5. The molecule has 0 saturated carbocycles. The topological polar surface area (TPSA) is 61.6 Å². The first-order valence-corrected chi connectivity index (χ1v) is 5.91. The number of carbonyl (C=O) groups excluding carboxylic acids is 1. The summed E-state index contributed by atoms with van der Waals surface area (Å²) in [6.07, 6.45) is 0. The molecule has 1 aromatic carbocycles. The summed E-state index contributed by atoms with van der Waals surface area (Å²) < 4.78 is 10.3. The zero-order valence-corrected chi connectivity index (χ0v) is 10.6. The van der Waals surface area contributed by atoms with Gasteiger partial charge in [0.05, 0.1) is 11.9 Å². The van der Waals surface area contributed by atoms with Crippen LogP contribution in [0.1, 0.15) is 10.4 Å². The van der Waals surface area contributed by atoms with Gasteiger partial charge < -0.3 is 15.2 Å². The number of benzene rings is 1. The molecule has 1 aromatic rings. The predicted octanol–water partition coefficient (Wildman–Crippen LogP) is 1.87. The van der Waals surface area contributed by atoms with E-state index < -0.39 is 0 Å². The Bertz CT molecular complexity index is 368. The minimum atomic E-state index is -0.0242. The maximum atomic E-state index is 11.5. The molecule has 0 amide bonds. The molecular weight excluding hydrogens is 274 g/mol. The Labute approximate surface area is 103 Å². The number of halogens is 1. The first-order chi connectivity index (χ1) is 7.67. The first kappa shape index (κ1) is 13.0. The van der Waals surface area contributed by atoms with Crippen molar-refractivity contribution in [2.45, 2.75) is 0 Å². The van der Waals surface area contributed by atoms with Crippen molar-refractivity contribution in [3.63, 3.8) is 0 Å². The number of nitrogen functional groups attached to an aromatic ring is 1. The second-order valence-corrected chi connectivity index (χ2v) is 3.75. The van der Waals surface area contributed by atoms with E-state index >= 15 is 0 Å². The van der Waals surface area contributed by atoms with Crippen LogP contribution in [0.5, 0.6) is 5.75 Å². The van der Waals surface area contributed by atoms with E-state index in [0.29, 0.717) is 30.2 Å². The molecule has 0 heterocycles. The van der Waals surface area contributed by atoms with Gasteiger partial charge in [-0.15, -0.1) is 0 Å². The normalized spacial score (nSPS) is 10.1. The van der Waals surface area contributed by atoms with Gasteiger partial charge in [0, 0.05) is 24.4 Å². The Morgan fingerprint density at radius 1 is 1.38 bits per heavy atom. The molecule has 0 bridgehead atoms. The third kappa shape index (κ3) is 3.83. The zero-order chi connectivity index (χ0) is 12.0. The monoisotopic (exact) mass is 287 g/mol. The number of nitrogens with two attached hydrogens (primary N) is 1. The first-order valence-electron chi connectivity index (χ1n) is 4.79. The molecule has 0 atom stereocenters. The number of hydrogen-bond donors (Lipinski definition) is 1. The SMILES string of the molecule is COCCOc1cc(N)cc(C(=O)CBr)c1. The van der Waals surface area contributed by atoms with E-state index in [1.54, 1.807) is 25.3 Å². The van der Waals surface area contributed by atoms with Crippen LogP contribution in [0, 0.1) is 0 Å². The number of hydrogen-bond acceptors (Lipinski definition) is 4. The summed E-state index contributed by atoms with van der Waals surface area (Å²) in [6, 6.07) is 4.99. The van der Waals surface area contributed by atoms with Crippen LogP contribution >= 0.6 is 15.9 Å². The molecule has 0 aromatic heterocycles. The Balaban J connectivity index is 2.77. The molecule has 2 N–H and O–H groups in total. The molecule has 0 fully saturated rings. The van der Waals surface area contributed by atoms with Crippen LogP contribution in [-0.2, 0) is 4.74 Å². The van der Waals surface area contributed by atoms with E-state index in [1.165, 1.54) is 0 Å². The Morgan fingerprint density at radius 3 is 2.75 bits per heavy atom. The molecule has 0 aliphatic heterocycles. The fourth-order valence-electron chi connectivity index (χ4n) is 1.19. The van der Waals surface area contributed by atoms with Gasteiger partial charge in [-0.1, -0.05) is 15.9 Å². The molecule has 0 saturated heterocycles. The van der Waals surface area contributed by atoms with E-state index in [9.17, 15) is 4.79 Å². The van der Waals surface area contributed by atoms with Gasteiger partial charge in [0.15, 0.2) is 5.78 Å². The van der Waals surface area contributed by atoms with Crippen molar-refractivity contribution in [3.8, 4) is 5.75 Å². The van der Waals surface area contributed by atoms with Gasteiger partial charge in [-0.25, -0.2) is 0 Å². The van der Waals surface area contributed by atoms with Gasteiger partial charge in [0.2, 0.25) is 0 Å². The van der Waals surface area contributed by atoms with Crippen LogP contribution in [0.4, 0.5) is 5.69 Å². The average molecular weight is 288 g/mol. The smallest absolute Gasteiger partial charge is 0.173 e. The number of methoxy groups -OCH3 is 1. The number of anilines is 1. The third-order valence-corrected chi connectivity index (χ3v) is 2.44. The van der Waals surface area contributed by atoms with Crippen molar-refractivity contribution in [1.82, 2.24) is 0 Å². The summed E-state index contributed by atoms with van der Waals surface area (Å²) >= 11 is 3.11. The molecule has 0 aliphatic rings. The highest BCUT2D eigenvalue weighted by atomic mass is 79.9. The van der Waals surface area contributed by atoms with E-state index in [-0.39, 0.29) is 11.1 Å². The van der Waals surface area contributed by atoms with Gasteiger partial charge in [-0.2, -0.15) is 0 Å². The van der Waals surface area contributed by atoms with Crippen LogP contribution in [0.15, 0.2) is 18.2 Å². The van der Waals surface area contributed by atoms with E-state index in [1.807, 2.05) is 0 Å². The van der Waals surface area contributed by atoms with Crippen LogP contribution in [0.25, 0.3) is 0 Å². The molecular formula is C11H14BrNO3. The van der Waals surface area contributed by atoms with Crippen LogP contribution in [0.3, 0.4) is 0 Å². The Hall–Kier alpha value is -1.07. The van der Waals surface area contributed by atoms with Gasteiger partial charge in [0.1, 0.15) is 12.4 Å². The summed E-state index contributed by atoms with van der Waals surface area (Å²) in [6.45, 7) is 0.929. The predicted molar refractivity (Wildman–Crippen MR) is 66.3 cm³/mol. The highest BCUT2D eigenvalue weighted by molar-refractivity contribution is 9.09. The highest BCUT2D eigenvalue weighted by Crippen LogP contribution is 2.19. The van der Waals surface area contributed by atoms with Gasteiger partial charge in [-0.3, -0.25) is 4.79 Å². The lowest BCUT2D eigenvalue weighted by molar-refractivity contribution is 0.102. The lowest BCUT2D eigenvalue weighted by atomic mass is 10.1. The molecule has 0 spiro atoms. The number of carbonyl (C=O) groups is 1. The molecule has 16 heavy (non-hydrogen) atoms. The molecule has 4 nitrogen and oxygen atoms in total. The summed E-state index contributed by atoms with van der Waals surface area (Å²) in [5.74, 6) is 0.560. The summed E-state index contributed by atoms with van der Waals surface area (Å²) in [7, 11) is 1.60. The van der Waals surface area contributed by atoms with Crippen molar-refractivity contribution in [3.05, 3.63) is 23.8 Å². The molecule has 1 rings (SSSR count). The van der Waals surface area contributed by atoms with Crippen LogP contribution in [-0.4, -0.2) is 31.4 Å². The van der Waals surface area contributed by atoms with Gasteiger partial charge in [-0.05, 0) is 12.1 Å². The highest BCUT2D eigenvalue weighted by Gasteiger charge is 2.07. The standard InChI is InChI=1S/C11H14BrNO3/c1-15-2-3-16-10-5-8(11(14)7-12)4-9(13)6-10/h4-6H,2-3,7,13H2,1H3. The molecule has 5 heteroatoms. The van der Waals surface area contributed by atoms with Crippen LogP contribution < -0.4 is 10.5 Å². The maximum Gasteiger partial charge on any atom is 0.173 e. The number of rotatable bonds is 6. The van der Waals surface area contributed by atoms with Crippen LogP contribution in [0.2, 0.25) is 0 Å². The lowest BCUT2D eigenvalue weighted by Crippen LogP contribution is -2.06. The van der Waals surface area contributed by atoms with Crippen molar-refractivity contribution >= 4 is 27.4 Å². The summed E-state index contributed by atoms with van der Waals surface area (Å²) in [5, 5.41) is 0.272. The molecule has 0 unspecified atom stereocenters. The van der Waals surface area contributed by atoms with E-state index in [4.69, 9.17) is 15.2 Å². The number of Topliss-reactive ketones (excluding diaryl/α,β-unsaturated/α-hetero) is 1. The quantitative estimate of drug-likeness (QED) is 0.376. The number of alkyl halides is 1. The Kier molecular flexibility index (Phi) is 5.28. The molecule has 0 radical (unpaired) electrons.